The Morgan fingerprint density at radius 2 is 1.00 bits per heavy atom. The van der Waals surface area contributed by atoms with Crippen molar-refractivity contribution in [3.05, 3.63) is 59.7 Å². The lowest BCUT2D eigenvalue weighted by atomic mass is 9.52. The number of nitrogens with zero attached hydrogens (tertiary/aromatic N) is 4. The third-order valence-corrected chi connectivity index (χ3v) is 24.6. The second-order valence-electron chi connectivity index (χ2n) is 15.4. The summed E-state index contributed by atoms with van der Waals surface area (Å²) in [4.78, 5) is 61.0. The molecule has 0 aromatic heterocycles. The van der Waals surface area contributed by atoms with Crippen LogP contribution in [0.3, 0.4) is 0 Å². The number of carbonyl (C=O) groups excluding carboxylic acids is 4. The van der Waals surface area contributed by atoms with Crippen molar-refractivity contribution in [3.8, 4) is 0 Å². The fourth-order valence-corrected chi connectivity index (χ4v) is 23.3. The Morgan fingerprint density at radius 1 is 0.596 bits per heavy atom. The maximum absolute atomic E-state index is 15.5. The smallest absolute Gasteiger partial charge is 0.264 e. The van der Waals surface area contributed by atoms with Crippen LogP contribution < -0.4 is 10.6 Å². The van der Waals surface area contributed by atoms with Gasteiger partial charge in [-0.25, -0.2) is 0 Å². The molecular formula is C34H36N6O6S6. The highest BCUT2D eigenvalue weighted by atomic mass is 33.7. The first kappa shape index (κ1) is 34.4. The monoisotopic (exact) mass is 816 g/mol. The summed E-state index contributed by atoms with van der Waals surface area (Å²) in [7, 11) is 11.0. The van der Waals surface area contributed by atoms with Crippen molar-refractivity contribution < 1.29 is 29.4 Å². The van der Waals surface area contributed by atoms with E-state index in [1.807, 2.05) is 76.2 Å². The van der Waals surface area contributed by atoms with Gasteiger partial charge in [0.1, 0.15) is 24.5 Å². The number of aliphatic hydroxyl groups is 2. The van der Waals surface area contributed by atoms with Gasteiger partial charge < -0.3 is 30.6 Å². The maximum atomic E-state index is 15.5. The minimum Gasteiger partial charge on any atom is -0.388 e. The molecule has 0 radical (unpaired) electrons. The van der Waals surface area contributed by atoms with Gasteiger partial charge in [-0.05, 0) is 87.1 Å². The number of fused-ring (bicyclic) bond motifs is 13. The summed E-state index contributed by atoms with van der Waals surface area (Å²) >= 11 is 0. The Bertz CT molecular complexity index is 2050. The first-order valence-electron chi connectivity index (χ1n) is 17.1. The van der Waals surface area contributed by atoms with E-state index < -0.39 is 66.7 Å². The average Bonchev–Trinajstić information content (AvgIpc) is 3.76. The van der Waals surface area contributed by atoms with Crippen LogP contribution in [0.15, 0.2) is 48.5 Å². The lowest BCUT2D eigenvalue weighted by Gasteiger charge is -2.60. The number of aliphatic hydroxyl groups excluding tert-OH is 2. The highest BCUT2D eigenvalue weighted by Crippen LogP contribution is 2.79. The van der Waals surface area contributed by atoms with Crippen LogP contribution in [0.4, 0.5) is 11.4 Å². The van der Waals surface area contributed by atoms with Gasteiger partial charge in [-0.3, -0.25) is 29.0 Å². The van der Waals surface area contributed by atoms with Gasteiger partial charge in [0.2, 0.25) is 9.74 Å². The van der Waals surface area contributed by atoms with Crippen LogP contribution in [0.5, 0.6) is 0 Å². The maximum Gasteiger partial charge on any atom is 0.264 e. The number of likely N-dealkylation sites (N-methyl/N-ethyl adjacent to an activating group) is 2. The molecule has 2 aromatic rings. The van der Waals surface area contributed by atoms with Crippen molar-refractivity contribution >= 4 is 97.8 Å². The molecule has 10 heterocycles. The molecule has 274 valence electrons. The molecule has 0 aliphatic carbocycles. The number of carbonyl (C=O) groups is 4. The summed E-state index contributed by atoms with van der Waals surface area (Å²) in [6.45, 7) is 7.68. The molecule has 12 rings (SSSR count). The Hall–Kier alpha value is -2.06. The van der Waals surface area contributed by atoms with Gasteiger partial charge in [0.05, 0.1) is 10.8 Å². The summed E-state index contributed by atoms with van der Waals surface area (Å²) in [5.74, 6) is -2.05. The Kier molecular flexibility index (Phi) is 6.89. The first-order chi connectivity index (χ1) is 24.7. The van der Waals surface area contributed by atoms with E-state index in [0.29, 0.717) is 22.5 Å². The van der Waals surface area contributed by atoms with E-state index in [-0.39, 0.29) is 23.7 Å². The zero-order valence-corrected chi connectivity index (χ0v) is 33.7. The lowest BCUT2D eigenvalue weighted by Crippen LogP contribution is -2.79. The van der Waals surface area contributed by atoms with Gasteiger partial charge >= 0.3 is 0 Å². The topological polar surface area (TPSA) is 146 Å². The number of hydrogen-bond acceptors (Lipinski definition) is 14. The van der Waals surface area contributed by atoms with E-state index >= 15 is 14.4 Å². The molecule has 2 aromatic carbocycles. The molecule has 3 unspecified atom stereocenters. The van der Waals surface area contributed by atoms with Crippen molar-refractivity contribution in [1.29, 1.82) is 0 Å². The summed E-state index contributed by atoms with van der Waals surface area (Å²) in [6, 6.07) is 14.9. The normalized spacial score (nSPS) is 43.7. The average molecular weight is 817 g/mol. The molecule has 4 bridgehead atoms. The van der Waals surface area contributed by atoms with Crippen molar-refractivity contribution in [2.24, 2.45) is 11.8 Å². The number of nitrogens with one attached hydrogen (secondary N) is 2. The zero-order valence-electron chi connectivity index (χ0n) is 28.8. The molecule has 8 fully saturated rings. The molecule has 12 nitrogen and oxygen atoms in total. The molecule has 4 N–H and O–H groups in total. The minimum absolute atomic E-state index is 0.283. The Morgan fingerprint density at radius 3 is 1.46 bits per heavy atom. The number of para-hydroxylation sites is 2. The van der Waals surface area contributed by atoms with Crippen LogP contribution in [-0.4, -0.2) is 112 Å². The van der Waals surface area contributed by atoms with Gasteiger partial charge in [0, 0.05) is 25.5 Å². The second-order valence-corrected chi connectivity index (χ2v) is 24.1. The van der Waals surface area contributed by atoms with E-state index in [9.17, 15) is 15.0 Å². The van der Waals surface area contributed by atoms with E-state index in [1.54, 1.807) is 23.9 Å². The number of benzene rings is 2. The van der Waals surface area contributed by atoms with Gasteiger partial charge in [-0.2, -0.15) is 0 Å². The van der Waals surface area contributed by atoms with Crippen LogP contribution in [-0.2, 0) is 30.0 Å². The predicted octanol–water partition coefficient (Wildman–Crippen LogP) is 3.90. The SMILES string of the molecule is CC(C)[C@@]12SSC3(C(=O)N1C)[C@@H](O)C1([C@@]45c6ccccc6N[C@@H]4N4C(=O)[C@@]6(C(C)C)SSSSC4(C(=O)N6C)[C@H]5O)c4ccccc4N[C@H]1N3C2=O. The van der Waals surface area contributed by atoms with E-state index in [0.717, 1.165) is 10.8 Å². The van der Waals surface area contributed by atoms with Crippen LogP contribution in [0.2, 0.25) is 0 Å². The Balaban J connectivity index is 1.34. The van der Waals surface area contributed by atoms with Gasteiger partial charge in [-0.1, -0.05) is 74.9 Å². The fourth-order valence-electron chi connectivity index (χ4n) is 11.0. The molecule has 18 heteroatoms. The molecule has 0 saturated carbocycles. The van der Waals surface area contributed by atoms with E-state index in [2.05, 4.69) is 10.6 Å². The van der Waals surface area contributed by atoms with Crippen LogP contribution in [0.25, 0.3) is 0 Å². The molecule has 10 atom stereocenters. The third-order valence-electron chi connectivity index (χ3n) is 13.2. The molecule has 10 aliphatic heterocycles. The zero-order chi connectivity index (χ0) is 36.7. The van der Waals surface area contributed by atoms with Gasteiger partial charge in [0.15, 0.2) is 9.74 Å². The van der Waals surface area contributed by atoms with Crippen molar-refractivity contribution in [2.45, 2.75) is 82.5 Å². The standard InChI is InChI=1S/C34H36N6O6S6/c1-15(2)31-27(45)39-23-29(17-11-7-9-13-19(17)35-23,21(41)33(39,48-47-31)25(43)37(31)5)30-18-12-8-10-14-20(18)36-24(30)40-28(46)32(16(3)4)38(6)26(44)34(40,22(30)42)50-52-51-49-32/h7-16,21-24,35-36,41-42H,1-6H3/t21-,22-,23-,24+,29?,30+,31-,32+,33?,34?/m0/s1. The Labute approximate surface area is 323 Å². The molecule has 4 amide bonds. The van der Waals surface area contributed by atoms with Crippen LogP contribution in [0, 0.1) is 11.8 Å². The first-order valence-corrected chi connectivity index (χ1v) is 24.1. The summed E-state index contributed by atoms with van der Waals surface area (Å²) < 4.78 is 0. The molecule has 52 heavy (non-hydrogen) atoms. The number of anilines is 2. The van der Waals surface area contributed by atoms with Crippen LogP contribution >= 0.6 is 62.8 Å². The van der Waals surface area contributed by atoms with E-state index in [4.69, 9.17) is 0 Å². The van der Waals surface area contributed by atoms with E-state index in [1.165, 1.54) is 61.8 Å². The quantitative estimate of drug-likeness (QED) is 0.333. The largest absolute Gasteiger partial charge is 0.388 e. The second kappa shape index (κ2) is 10.4. The molecule has 2 spiro atoms. The number of piperazine rings is 2. The molecule has 8 saturated heterocycles. The van der Waals surface area contributed by atoms with Crippen molar-refractivity contribution in [3.63, 3.8) is 0 Å². The highest BCUT2D eigenvalue weighted by molar-refractivity contribution is 9.26. The third kappa shape index (κ3) is 3.09. The minimum atomic E-state index is -1.84. The van der Waals surface area contributed by atoms with Crippen molar-refractivity contribution in [2.75, 3.05) is 24.7 Å². The molecule has 10 aliphatic rings. The van der Waals surface area contributed by atoms with Crippen molar-refractivity contribution in [1.82, 2.24) is 19.6 Å². The van der Waals surface area contributed by atoms with Gasteiger partial charge in [-0.15, -0.1) is 0 Å². The summed E-state index contributed by atoms with van der Waals surface area (Å²) in [5.41, 5.74) is -0.877. The number of rotatable bonds is 3. The predicted molar refractivity (Wildman–Crippen MR) is 208 cm³/mol. The number of amides is 4. The fraction of sp³-hybridized carbons (Fsp3) is 0.529. The number of hydrogen-bond donors (Lipinski definition) is 4. The van der Waals surface area contributed by atoms with Gasteiger partial charge in [0.25, 0.3) is 23.6 Å². The summed E-state index contributed by atoms with van der Waals surface area (Å²) in [5, 5.41) is 34.5. The molecular weight excluding hydrogens is 781 g/mol. The summed E-state index contributed by atoms with van der Waals surface area (Å²) in [6.07, 6.45) is -5.37. The highest BCUT2D eigenvalue weighted by Gasteiger charge is 2.92. The van der Waals surface area contributed by atoms with Crippen LogP contribution in [0.1, 0.15) is 38.8 Å². The lowest BCUT2D eigenvalue weighted by molar-refractivity contribution is -0.169.